The molecule has 2 aromatic carbocycles. The van der Waals surface area contributed by atoms with E-state index in [9.17, 15) is 18.0 Å². The van der Waals surface area contributed by atoms with Gasteiger partial charge in [0, 0.05) is 36.2 Å². The van der Waals surface area contributed by atoms with Gasteiger partial charge in [-0.2, -0.15) is 0 Å². The summed E-state index contributed by atoms with van der Waals surface area (Å²) in [6, 6.07) is 11.5. The number of rotatable bonds is 7. The molecular formula is C22H26N2O5S. The third-order valence-electron chi connectivity index (χ3n) is 4.92. The van der Waals surface area contributed by atoms with Gasteiger partial charge in [-0.15, -0.1) is 0 Å². The number of aryl methyl sites for hydroxylation is 1. The molecule has 7 nitrogen and oxygen atoms in total. The molecule has 0 heterocycles. The minimum absolute atomic E-state index is 0.0169. The van der Waals surface area contributed by atoms with Gasteiger partial charge in [0.25, 0.3) is 10.0 Å². The smallest absolute Gasteiger partial charge is 0.265 e. The van der Waals surface area contributed by atoms with Crippen LogP contribution in [0.15, 0.2) is 47.4 Å². The summed E-state index contributed by atoms with van der Waals surface area (Å²) in [6.45, 7) is 3.89. The van der Waals surface area contributed by atoms with E-state index in [1.807, 2.05) is 13.0 Å². The number of amides is 1. The van der Waals surface area contributed by atoms with Crippen molar-refractivity contribution in [1.82, 2.24) is 0 Å². The van der Waals surface area contributed by atoms with Crippen molar-refractivity contribution in [2.75, 3.05) is 16.6 Å². The van der Waals surface area contributed by atoms with Gasteiger partial charge in [0.1, 0.15) is 16.4 Å². The molecule has 2 aromatic rings. The van der Waals surface area contributed by atoms with Gasteiger partial charge >= 0.3 is 0 Å². The summed E-state index contributed by atoms with van der Waals surface area (Å²) in [5.74, 6) is -0.345. The number of hydrogen-bond donors (Lipinski definition) is 2. The Labute approximate surface area is 176 Å². The molecule has 2 N–H and O–H groups in total. The van der Waals surface area contributed by atoms with Crippen molar-refractivity contribution in [3.05, 3.63) is 48.0 Å². The fourth-order valence-corrected chi connectivity index (χ4v) is 4.66. The van der Waals surface area contributed by atoms with Crippen molar-refractivity contribution in [3.63, 3.8) is 0 Å². The average Bonchev–Trinajstić information content (AvgIpc) is 2.68. The fraction of sp³-hybridized carbons (Fsp3) is 0.364. The summed E-state index contributed by atoms with van der Waals surface area (Å²) in [5, 5.41) is 2.78. The van der Waals surface area contributed by atoms with E-state index in [2.05, 4.69) is 10.0 Å². The van der Waals surface area contributed by atoms with Crippen LogP contribution in [-0.4, -0.2) is 26.7 Å². The summed E-state index contributed by atoms with van der Waals surface area (Å²) in [4.78, 5) is 24.1. The average molecular weight is 431 g/mol. The predicted molar refractivity (Wildman–Crippen MR) is 115 cm³/mol. The number of hydrogen-bond acceptors (Lipinski definition) is 5. The number of sulfonamides is 1. The Morgan fingerprint density at radius 3 is 2.67 bits per heavy atom. The Balaban J connectivity index is 1.82. The number of benzene rings is 2. The van der Waals surface area contributed by atoms with Gasteiger partial charge in [-0.3, -0.25) is 14.3 Å². The second kappa shape index (κ2) is 9.30. The standard InChI is InChI=1S/C22H26N2O5S/c1-3-29-20-14-17(23-22(26)16-7-5-9-19(25)13-16)10-11-21(20)30(27,28)24-18-8-4-6-15(2)12-18/h4,6,8,10-12,14,16,24H,3,5,7,9,13H2,1-2H3,(H,23,26). The van der Waals surface area contributed by atoms with Crippen LogP contribution in [0, 0.1) is 12.8 Å². The maximum Gasteiger partial charge on any atom is 0.265 e. The van der Waals surface area contributed by atoms with Gasteiger partial charge in [0.2, 0.25) is 5.91 Å². The van der Waals surface area contributed by atoms with E-state index in [0.717, 1.165) is 5.56 Å². The van der Waals surface area contributed by atoms with Gasteiger partial charge in [-0.1, -0.05) is 12.1 Å². The molecule has 30 heavy (non-hydrogen) atoms. The normalized spacial score (nSPS) is 16.7. The second-order valence-corrected chi connectivity index (χ2v) is 9.04. The highest BCUT2D eigenvalue weighted by Crippen LogP contribution is 2.30. The molecule has 8 heteroatoms. The van der Waals surface area contributed by atoms with E-state index in [0.29, 0.717) is 30.6 Å². The van der Waals surface area contributed by atoms with Crippen molar-refractivity contribution < 1.29 is 22.7 Å². The Morgan fingerprint density at radius 1 is 1.17 bits per heavy atom. The van der Waals surface area contributed by atoms with Crippen LogP contribution < -0.4 is 14.8 Å². The van der Waals surface area contributed by atoms with Crippen LogP contribution >= 0.6 is 0 Å². The van der Waals surface area contributed by atoms with Crippen molar-refractivity contribution in [2.24, 2.45) is 5.92 Å². The highest BCUT2D eigenvalue weighted by molar-refractivity contribution is 7.92. The molecule has 1 saturated carbocycles. The fourth-order valence-electron chi connectivity index (χ4n) is 3.49. The summed E-state index contributed by atoms with van der Waals surface area (Å²) in [6.07, 6.45) is 2.15. The maximum absolute atomic E-state index is 12.9. The minimum Gasteiger partial charge on any atom is -0.492 e. The molecule has 3 rings (SSSR count). The number of anilines is 2. The minimum atomic E-state index is -3.89. The van der Waals surface area contributed by atoms with Crippen molar-refractivity contribution in [1.29, 1.82) is 0 Å². The molecule has 1 atom stereocenters. The predicted octanol–water partition coefficient (Wildman–Crippen LogP) is 3.89. The molecule has 0 aromatic heterocycles. The topological polar surface area (TPSA) is 102 Å². The Kier molecular flexibility index (Phi) is 6.77. The maximum atomic E-state index is 12.9. The van der Waals surface area contributed by atoms with Crippen molar-refractivity contribution in [2.45, 2.75) is 44.4 Å². The van der Waals surface area contributed by atoms with Crippen LogP contribution in [0.3, 0.4) is 0 Å². The van der Waals surface area contributed by atoms with Gasteiger partial charge in [-0.05, 0) is 56.5 Å². The number of Topliss-reactive ketones (excluding diaryl/α,β-unsaturated/α-hetero) is 1. The highest BCUT2D eigenvalue weighted by atomic mass is 32.2. The molecule has 1 unspecified atom stereocenters. The summed E-state index contributed by atoms with van der Waals surface area (Å²) < 4.78 is 33.9. The van der Waals surface area contributed by atoms with Crippen LogP contribution in [0.2, 0.25) is 0 Å². The van der Waals surface area contributed by atoms with Crippen LogP contribution in [0.4, 0.5) is 11.4 Å². The Hall–Kier alpha value is -2.87. The van der Waals surface area contributed by atoms with E-state index in [1.54, 1.807) is 25.1 Å². The second-order valence-electron chi connectivity index (χ2n) is 7.39. The first-order valence-corrected chi connectivity index (χ1v) is 11.5. The highest BCUT2D eigenvalue weighted by Gasteiger charge is 2.26. The number of ether oxygens (including phenoxy) is 1. The monoisotopic (exact) mass is 430 g/mol. The van der Waals surface area contributed by atoms with Crippen LogP contribution in [0.1, 0.15) is 38.2 Å². The first-order chi connectivity index (χ1) is 14.3. The largest absolute Gasteiger partial charge is 0.492 e. The number of carbonyl (C=O) groups excluding carboxylic acids is 2. The van der Waals surface area contributed by atoms with Gasteiger partial charge in [-0.25, -0.2) is 8.42 Å². The molecule has 0 spiro atoms. The molecule has 1 amide bonds. The lowest BCUT2D eigenvalue weighted by molar-refractivity contribution is -0.128. The van der Waals surface area contributed by atoms with E-state index in [4.69, 9.17) is 4.74 Å². The zero-order valence-electron chi connectivity index (χ0n) is 17.1. The number of ketones is 1. The molecule has 0 radical (unpaired) electrons. The third-order valence-corrected chi connectivity index (χ3v) is 6.34. The zero-order chi connectivity index (χ0) is 21.7. The van der Waals surface area contributed by atoms with Crippen LogP contribution in [0.5, 0.6) is 5.75 Å². The number of carbonyl (C=O) groups is 2. The van der Waals surface area contributed by atoms with Crippen molar-refractivity contribution in [3.8, 4) is 5.75 Å². The van der Waals surface area contributed by atoms with Gasteiger partial charge in [0.15, 0.2) is 0 Å². The van der Waals surface area contributed by atoms with E-state index < -0.39 is 10.0 Å². The Morgan fingerprint density at radius 2 is 1.97 bits per heavy atom. The zero-order valence-corrected chi connectivity index (χ0v) is 17.9. The molecule has 0 saturated heterocycles. The molecule has 0 bridgehead atoms. The quantitative estimate of drug-likeness (QED) is 0.694. The van der Waals surface area contributed by atoms with E-state index in [1.165, 1.54) is 18.2 Å². The Bertz CT molecular complexity index is 1050. The van der Waals surface area contributed by atoms with Crippen molar-refractivity contribution >= 4 is 33.1 Å². The molecule has 160 valence electrons. The van der Waals surface area contributed by atoms with Gasteiger partial charge < -0.3 is 10.1 Å². The third kappa shape index (κ3) is 5.38. The lowest BCUT2D eigenvalue weighted by Gasteiger charge is -2.20. The molecule has 1 fully saturated rings. The lowest BCUT2D eigenvalue weighted by atomic mass is 9.88. The van der Waals surface area contributed by atoms with Gasteiger partial charge in [0.05, 0.1) is 6.61 Å². The molecule has 1 aliphatic carbocycles. The number of nitrogens with one attached hydrogen (secondary N) is 2. The first kappa shape index (κ1) is 21.8. The lowest BCUT2D eigenvalue weighted by Crippen LogP contribution is -2.28. The van der Waals surface area contributed by atoms with Crippen LogP contribution in [-0.2, 0) is 19.6 Å². The molecule has 0 aliphatic heterocycles. The molecular weight excluding hydrogens is 404 g/mol. The van der Waals surface area contributed by atoms with E-state index in [-0.39, 0.29) is 41.3 Å². The summed E-state index contributed by atoms with van der Waals surface area (Å²) in [7, 11) is -3.89. The SMILES string of the molecule is CCOc1cc(NC(=O)C2CCCC(=O)C2)ccc1S(=O)(=O)Nc1cccc(C)c1. The molecule has 1 aliphatic rings. The van der Waals surface area contributed by atoms with E-state index >= 15 is 0 Å². The first-order valence-electron chi connectivity index (χ1n) is 9.97. The summed E-state index contributed by atoms with van der Waals surface area (Å²) in [5.41, 5.74) is 1.81. The summed E-state index contributed by atoms with van der Waals surface area (Å²) >= 11 is 0. The van der Waals surface area contributed by atoms with Crippen LogP contribution in [0.25, 0.3) is 0 Å².